The van der Waals surface area contributed by atoms with Crippen LogP contribution in [0.1, 0.15) is 1.43 Å². The predicted molar refractivity (Wildman–Crippen MR) is 22.1 cm³/mol. The topological polar surface area (TPSA) is 9.23 Å². The van der Waals surface area contributed by atoms with Crippen molar-refractivity contribution >= 4 is 21.0 Å². The molecule has 0 saturated carbocycles. The largest absolute Gasteiger partial charge is 1.00 e. The molecule has 0 radical (unpaired) electrons. The van der Waals surface area contributed by atoms with Gasteiger partial charge in [0, 0.05) is 0 Å². The van der Waals surface area contributed by atoms with Gasteiger partial charge in [0.15, 0.2) is 0 Å². The summed E-state index contributed by atoms with van der Waals surface area (Å²) in [4.78, 5) is 0. The van der Waals surface area contributed by atoms with Crippen LogP contribution in [0.3, 0.4) is 0 Å². The normalized spacial score (nSPS) is 6.00. The van der Waals surface area contributed by atoms with Gasteiger partial charge in [-0.3, -0.25) is 0 Å². The standard InChI is InChI=1S/K.H6OSi2.H/c;2-1-3;/h;2-3H3;/q+1;;-1. The fraction of sp³-hybridized carbons (Fsp3) is 0. The molecule has 0 rings (SSSR count). The Morgan fingerprint density at radius 2 is 1.50 bits per heavy atom. The molecule has 0 aromatic heterocycles. The maximum Gasteiger partial charge on any atom is 1.00 e. The van der Waals surface area contributed by atoms with Crippen LogP contribution in [0.25, 0.3) is 0 Å². The van der Waals surface area contributed by atoms with Crippen molar-refractivity contribution in [3.8, 4) is 0 Å². The summed E-state index contributed by atoms with van der Waals surface area (Å²) in [7, 11) is 1.86. The van der Waals surface area contributed by atoms with Gasteiger partial charge in [0.1, 0.15) is 21.0 Å². The van der Waals surface area contributed by atoms with Gasteiger partial charge >= 0.3 is 51.4 Å². The van der Waals surface area contributed by atoms with E-state index >= 15 is 0 Å². The average Bonchev–Trinajstić information content (AvgIpc) is 0.918. The van der Waals surface area contributed by atoms with Crippen LogP contribution in [0.5, 0.6) is 0 Å². The number of rotatable bonds is 0. The van der Waals surface area contributed by atoms with E-state index in [-0.39, 0.29) is 52.8 Å². The molecule has 0 heterocycles. The predicted octanol–water partition coefficient (Wildman–Crippen LogP) is -5.32. The van der Waals surface area contributed by atoms with Crippen LogP contribution in [0.15, 0.2) is 0 Å². The van der Waals surface area contributed by atoms with E-state index in [2.05, 4.69) is 4.12 Å². The fourth-order valence-corrected chi connectivity index (χ4v) is 0. The first kappa shape index (κ1) is 9.39. The number of hydrogen-bond acceptors (Lipinski definition) is 1. The first-order chi connectivity index (χ1) is 1.41. The Bertz CT molecular complexity index is 9.61. The summed E-state index contributed by atoms with van der Waals surface area (Å²) in [5, 5.41) is 0. The first-order valence-electron chi connectivity index (χ1n) is 0.816. The Hall–Kier alpha value is 2.03. The smallest absolute Gasteiger partial charge is 1.00 e. The summed E-state index contributed by atoms with van der Waals surface area (Å²) in [5.41, 5.74) is 0. The Morgan fingerprint density at radius 3 is 1.50 bits per heavy atom. The first-order valence-corrected chi connectivity index (χ1v) is 2.45. The Balaban J connectivity index is -0.0000000200. The van der Waals surface area contributed by atoms with Crippen LogP contribution in [0.2, 0.25) is 0 Å². The van der Waals surface area contributed by atoms with Crippen molar-refractivity contribution in [3.63, 3.8) is 0 Å². The number of hydrogen-bond donors (Lipinski definition) is 0. The van der Waals surface area contributed by atoms with Gasteiger partial charge in [-0.05, 0) is 0 Å². The van der Waals surface area contributed by atoms with Crippen molar-refractivity contribution in [2.75, 3.05) is 0 Å². The maximum absolute atomic E-state index is 4.53. The van der Waals surface area contributed by atoms with Gasteiger partial charge < -0.3 is 5.54 Å². The molecular weight excluding hydrogens is 111 g/mol. The molecule has 0 aliphatic carbocycles. The van der Waals surface area contributed by atoms with E-state index in [9.17, 15) is 0 Å². The van der Waals surface area contributed by atoms with Gasteiger partial charge in [0.2, 0.25) is 0 Å². The van der Waals surface area contributed by atoms with E-state index in [4.69, 9.17) is 0 Å². The SMILES string of the molecule is [H-].[K+].[SiH3]O[SiH3]. The maximum atomic E-state index is 4.53. The van der Waals surface area contributed by atoms with Gasteiger partial charge in [0.05, 0.1) is 0 Å². The van der Waals surface area contributed by atoms with Crippen LogP contribution in [-0.2, 0) is 4.12 Å². The third kappa shape index (κ3) is 8.98. The second-order valence-corrected chi connectivity index (χ2v) is 3.67. The minimum atomic E-state index is 0. The van der Waals surface area contributed by atoms with Crippen molar-refractivity contribution in [1.29, 1.82) is 0 Å². The molecule has 0 aromatic carbocycles. The molecule has 0 amide bonds. The van der Waals surface area contributed by atoms with Gasteiger partial charge in [-0.2, -0.15) is 0 Å². The molecule has 0 unspecified atom stereocenters. The zero-order valence-corrected chi connectivity index (χ0v) is 10.5. The summed E-state index contributed by atoms with van der Waals surface area (Å²) in [6, 6.07) is 0. The quantitative estimate of drug-likeness (QED) is 0.289. The van der Waals surface area contributed by atoms with Crippen molar-refractivity contribution in [2.45, 2.75) is 0 Å². The minimum Gasteiger partial charge on any atom is -1.00 e. The molecule has 1 nitrogen and oxygen atoms in total. The summed E-state index contributed by atoms with van der Waals surface area (Å²) in [5.74, 6) is 0. The van der Waals surface area contributed by atoms with Gasteiger partial charge in [0.25, 0.3) is 0 Å². The molecule has 0 aromatic rings. The molecule has 0 aliphatic rings. The Kier molecular flexibility index (Phi) is 20.9. The Labute approximate surface area is 76.5 Å². The third-order valence-electron chi connectivity index (χ3n) is 0. The van der Waals surface area contributed by atoms with E-state index < -0.39 is 0 Å². The Morgan fingerprint density at radius 1 is 1.50 bits per heavy atom. The molecule has 0 atom stereocenters. The second kappa shape index (κ2) is 8.90. The molecule has 4 heteroatoms. The van der Waals surface area contributed by atoms with Crippen LogP contribution in [0, 0.1) is 0 Å². The monoisotopic (exact) mass is 118 g/mol. The molecule has 0 aliphatic heterocycles. The van der Waals surface area contributed by atoms with E-state index in [0.29, 0.717) is 0 Å². The van der Waals surface area contributed by atoms with Crippen molar-refractivity contribution in [2.24, 2.45) is 0 Å². The zero-order valence-electron chi connectivity index (χ0n) is 4.41. The van der Waals surface area contributed by atoms with Gasteiger partial charge in [-0.15, -0.1) is 0 Å². The van der Waals surface area contributed by atoms with Crippen LogP contribution in [-0.4, -0.2) is 21.0 Å². The molecule has 0 saturated heterocycles. The van der Waals surface area contributed by atoms with Gasteiger partial charge in [-0.1, -0.05) is 0 Å². The van der Waals surface area contributed by atoms with Crippen LogP contribution >= 0.6 is 0 Å². The summed E-state index contributed by atoms with van der Waals surface area (Å²) in [6.07, 6.45) is 0. The summed E-state index contributed by atoms with van der Waals surface area (Å²) < 4.78 is 4.53. The van der Waals surface area contributed by atoms with Crippen LogP contribution in [0.4, 0.5) is 0 Å². The van der Waals surface area contributed by atoms with Crippen molar-refractivity contribution in [1.82, 2.24) is 0 Å². The third-order valence-corrected chi connectivity index (χ3v) is 0. The van der Waals surface area contributed by atoms with E-state index in [0.717, 1.165) is 21.0 Å². The molecule has 4 heavy (non-hydrogen) atoms. The average molecular weight is 118 g/mol. The molecule has 0 N–H and O–H groups in total. The molecule has 22 valence electrons. The van der Waals surface area contributed by atoms with Crippen molar-refractivity contribution in [3.05, 3.63) is 0 Å². The van der Waals surface area contributed by atoms with Crippen LogP contribution < -0.4 is 51.4 Å². The van der Waals surface area contributed by atoms with Gasteiger partial charge in [-0.25, -0.2) is 0 Å². The molecule has 0 fully saturated rings. The van der Waals surface area contributed by atoms with E-state index in [1.54, 1.807) is 0 Å². The molecule has 0 spiro atoms. The second-order valence-electron chi connectivity index (χ2n) is 0.408. The van der Waals surface area contributed by atoms with E-state index in [1.165, 1.54) is 0 Å². The molecule has 0 bridgehead atoms. The van der Waals surface area contributed by atoms with Crippen molar-refractivity contribution < 1.29 is 56.9 Å². The summed E-state index contributed by atoms with van der Waals surface area (Å²) >= 11 is 0. The zero-order chi connectivity index (χ0) is 2.71. The molecular formula is H7KOSi2. The minimum absolute atomic E-state index is 0. The fourth-order valence-electron chi connectivity index (χ4n) is 0. The summed E-state index contributed by atoms with van der Waals surface area (Å²) in [6.45, 7) is 0. The van der Waals surface area contributed by atoms with E-state index in [1.807, 2.05) is 0 Å².